The highest BCUT2D eigenvalue weighted by atomic mass is 32.2. The average Bonchev–Trinajstić information content (AvgIpc) is 3.34. The molecule has 12 heteroatoms. The normalized spacial score (nSPS) is 17.1. The molecule has 1 N–H and O–H groups in total. The number of carboxylic acids is 1. The summed E-state index contributed by atoms with van der Waals surface area (Å²) < 4.78 is 48.0. The number of rotatable bonds is 9. The predicted octanol–water partition coefficient (Wildman–Crippen LogP) is 4.72. The van der Waals surface area contributed by atoms with Crippen LogP contribution >= 0.6 is 11.8 Å². The smallest absolute Gasteiger partial charge is 0.327 e. The Hall–Kier alpha value is -3.09. The molecule has 0 aliphatic carbocycles. The Morgan fingerprint density at radius 2 is 1.88 bits per heavy atom. The number of sulfone groups is 1. The predicted molar refractivity (Wildman–Crippen MR) is 157 cm³/mol. The van der Waals surface area contributed by atoms with Gasteiger partial charge in [-0.2, -0.15) is 16.9 Å². The number of hydrogen-bond donors (Lipinski definition) is 1. The number of fused-ring (bicyclic) bond motifs is 4. The lowest BCUT2D eigenvalue weighted by Gasteiger charge is -2.48. The Morgan fingerprint density at radius 3 is 2.49 bits per heavy atom. The number of piperidine rings is 1. The van der Waals surface area contributed by atoms with Crippen LogP contribution in [-0.4, -0.2) is 70.7 Å². The zero-order valence-corrected chi connectivity index (χ0v) is 25.2. The van der Waals surface area contributed by atoms with Crippen LogP contribution < -0.4 is 9.75 Å². The molecule has 1 spiro atoms. The third-order valence-electron chi connectivity index (χ3n) is 8.01. The molecule has 41 heavy (non-hydrogen) atoms. The number of hydrazine groups is 1. The van der Waals surface area contributed by atoms with Crippen molar-refractivity contribution < 1.29 is 27.4 Å². The first-order valence-electron chi connectivity index (χ1n) is 13.6. The van der Waals surface area contributed by atoms with E-state index in [1.807, 2.05) is 24.5 Å². The van der Waals surface area contributed by atoms with E-state index in [-0.39, 0.29) is 10.7 Å². The molecule has 0 saturated carbocycles. The zero-order chi connectivity index (χ0) is 29.5. The van der Waals surface area contributed by atoms with Crippen molar-refractivity contribution in [2.24, 2.45) is 7.05 Å². The highest BCUT2D eigenvalue weighted by Gasteiger charge is 2.47. The molecule has 5 rings (SSSR count). The summed E-state index contributed by atoms with van der Waals surface area (Å²) in [7, 11) is -1.62. The number of thioether (sulfide) groups is 1. The molecule has 2 aliphatic rings. The maximum Gasteiger partial charge on any atom is 0.327 e. The van der Waals surface area contributed by atoms with Crippen molar-refractivity contribution in [3.05, 3.63) is 60.0 Å². The van der Waals surface area contributed by atoms with Crippen LogP contribution in [0.4, 0.5) is 10.1 Å². The number of carbonyl (C=O) groups is 1. The van der Waals surface area contributed by atoms with Crippen molar-refractivity contribution in [1.29, 1.82) is 0 Å². The quantitative estimate of drug-likeness (QED) is 0.373. The van der Waals surface area contributed by atoms with E-state index in [4.69, 9.17) is 4.74 Å². The van der Waals surface area contributed by atoms with Gasteiger partial charge in [-0.25, -0.2) is 22.6 Å². The number of nitrogens with zero attached hydrogens (tertiary/aromatic N) is 4. The lowest BCUT2D eigenvalue weighted by molar-refractivity contribution is -0.140. The minimum Gasteiger partial charge on any atom is -0.482 e. The number of benzene rings is 2. The second kappa shape index (κ2) is 11.3. The van der Waals surface area contributed by atoms with Crippen LogP contribution in [0.2, 0.25) is 0 Å². The maximum absolute atomic E-state index is 14.2. The topological polar surface area (TPSA) is 105 Å². The number of aliphatic carboxylic acids is 1. The fourth-order valence-corrected chi connectivity index (χ4v) is 7.27. The van der Waals surface area contributed by atoms with Gasteiger partial charge in [0.15, 0.2) is 9.84 Å². The molecule has 1 atom stereocenters. The van der Waals surface area contributed by atoms with Crippen LogP contribution in [0, 0.1) is 5.82 Å². The van der Waals surface area contributed by atoms with Crippen molar-refractivity contribution in [1.82, 2.24) is 14.8 Å². The van der Waals surface area contributed by atoms with Gasteiger partial charge in [0, 0.05) is 50.2 Å². The molecule has 3 heterocycles. The van der Waals surface area contributed by atoms with E-state index in [2.05, 4.69) is 5.10 Å². The Morgan fingerprint density at radius 1 is 1.20 bits per heavy atom. The van der Waals surface area contributed by atoms with Gasteiger partial charge in [0.05, 0.1) is 27.7 Å². The van der Waals surface area contributed by atoms with Gasteiger partial charge in [-0.15, -0.1) is 0 Å². The maximum atomic E-state index is 14.2. The standard InChI is InChI=1S/C29H35FN4O5S2/c1-19(2)41(37,38)22-8-6-21(7-9-22)34(25(28(35)36)11-16-40-4)33-14-12-29(13-15-33)24-18-31-32(3)27(24)23-10-5-20(30)17-26(23)39-29/h5-10,17-19,25H,11-16H2,1-4H3,(H,35,36)/t25-/m0/s1. The molecular formula is C29H35FN4O5S2. The van der Waals surface area contributed by atoms with Gasteiger partial charge in [0.1, 0.15) is 23.2 Å². The van der Waals surface area contributed by atoms with Gasteiger partial charge in [0.2, 0.25) is 0 Å². The highest BCUT2D eigenvalue weighted by molar-refractivity contribution is 7.98. The molecule has 220 valence electrons. The van der Waals surface area contributed by atoms with E-state index in [1.165, 1.54) is 12.1 Å². The summed E-state index contributed by atoms with van der Waals surface area (Å²) in [5.41, 5.74) is 2.49. The van der Waals surface area contributed by atoms with Crippen LogP contribution in [-0.2, 0) is 27.3 Å². The fraction of sp³-hybridized carbons (Fsp3) is 0.448. The summed E-state index contributed by atoms with van der Waals surface area (Å²) in [6, 6.07) is 10.1. The minimum atomic E-state index is -3.47. The molecular weight excluding hydrogens is 567 g/mol. The highest BCUT2D eigenvalue weighted by Crippen LogP contribution is 2.50. The lowest BCUT2D eigenvalue weighted by atomic mass is 9.81. The van der Waals surface area contributed by atoms with E-state index < -0.39 is 32.7 Å². The first-order valence-corrected chi connectivity index (χ1v) is 16.5. The monoisotopic (exact) mass is 602 g/mol. The summed E-state index contributed by atoms with van der Waals surface area (Å²) in [5.74, 6) is -0.216. The molecule has 0 bridgehead atoms. The summed E-state index contributed by atoms with van der Waals surface area (Å²) in [6.07, 6.45) is 5.19. The molecule has 1 aromatic heterocycles. The molecule has 1 saturated heterocycles. The van der Waals surface area contributed by atoms with Gasteiger partial charge >= 0.3 is 5.97 Å². The van der Waals surface area contributed by atoms with Crippen LogP contribution in [0.15, 0.2) is 53.6 Å². The Bertz CT molecular complexity index is 1530. The van der Waals surface area contributed by atoms with Gasteiger partial charge in [-0.3, -0.25) is 9.69 Å². The SMILES string of the molecule is CSCC[C@@H](C(=O)O)N(c1ccc(S(=O)(=O)C(C)C)cc1)N1CCC2(CC1)Oc1cc(F)ccc1-c1c2cnn1C. The first-order chi connectivity index (χ1) is 19.5. The van der Waals surface area contributed by atoms with E-state index in [9.17, 15) is 22.7 Å². The van der Waals surface area contributed by atoms with Crippen LogP contribution in [0.25, 0.3) is 11.3 Å². The number of aromatic nitrogens is 2. The van der Waals surface area contributed by atoms with Crippen molar-refractivity contribution in [2.75, 3.05) is 30.1 Å². The van der Waals surface area contributed by atoms with Gasteiger partial charge in [0.25, 0.3) is 0 Å². The fourth-order valence-electron chi connectivity index (χ4n) is 5.76. The molecule has 1 fully saturated rings. The van der Waals surface area contributed by atoms with Crippen LogP contribution in [0.1, 0.15) is 38.7 Å². The van der Waals surface area contributed by atoms with Gasteiger partial charge < -0.3 is 9.84 Å². The summed E-state index contributed by atoms with van der Waals surface area (Å²) >= 11 is 1.57. The third kappa shape index (κ3) is 5.32. The summed E-state index contributed by atoms with van der Waals surface area (Å²) in [6.45, 7) is 4.20. The van der Waals surface area contributed by atoms with Gasteiger partial charge in [-0.1, -0.05) is 0 Å². The van der Waals surface area contributed by atoms with Crippen LogP contribution in [0.5, 0.6) is 5.75 Å². The second-order valence-electron chi connectivity index (χ2n) is 10.8. The average molecular weight is 603 g/mol. The van der Waals surface area contributed by atoms with Crippen molar-refractivity contribution in [3.8, 4) is 17.0 Å². The number of ether oxygens (including phenoxy) is 1. The zero-order valence-electron chi connectivity index (χ0n) is 23.6. The van der Waals surface area contributed by atoms with Crippen LogP contribution in [0.3, 0.4) is 0 Å². The first kappa shape index (κ1) is 29.4. The molecule has 2 aliphatic heterocycles. The number of halogens is 1. The molecule has 9 nitrogen and oxygen atoms in total. The molecule has 0 amide bonds. The second-order valence-corrected chi connectivity index (χ2v) is 14.3. The third-order valence-corrected chi connectivity index (χ3v) is 10.8. The van der Waals surface area contributed by atoms with E-state index in [0.717, 1.165) is 16.8 Å². The molecule has 3 aromatic rings. The van der Waals surface area contributed by atoms with E-state index in [0.29, 0.717) is 49.5 Å². The summed E-state index contributed by atoms with van der Waals surface area (Å²) in [5, 5.41) is 18.0. The van der Waals surface area contributed by atoms with E-state index >= 15 is 0 Å². The number of aryl methyl sites for hydroxylation is 1. The lowest BCUT2D eigenvalue weighted by Crippen LogP contribution is -2.58. The van der Waals surface area contributed by atoms with Crippen molar-refractivity contribution in [2.45, 2.75) is 54.9 Å². The van der Waals surface area contributed by atoms with Gasteiger partial charge in [-0.05, 0) is 68.7 Å². The molecule has 0 unspecified atom stereocenters. The molecule has 2 aromatic carbocycles. The number of anilines is 1. The summed E-state index contributed by atoms with van der Waals surface area (Å²) in [4.78, 5) is 12.8. The Kier molecular flexibility index (Phi) is 8.10. The Labute approximate surface area is 244 Å². The Balaban J connectivity index is 1.48. The number of carboxylic acid groups (broad SMARTS) is 1. The molecule has 0 radical (unpaired) electrons. The van der Waals surface area contributed by atoms with Crippen molar-refractivity contribution >= 4 is 33.3 Å². The van der Waals surface area contributed by atoms with E-state index in [1.54, 1.807) is 65.6 Å². The minimum absolute atomic E-state index is 0.204. The number of hydrogen-bond acceptors (Lipinski definition) is 8. The largest absolute Gasteiger partial charge is 0.482 e. The van der Waals surface area contributed by atoms with Crippen molar-refractivity contribution in [3.63, 3.8) is 0 Å².